The Balaban J connectivity index is 1.36. The summed E-state index contributed by atoms with van der Waals surface area (Å²) in [5.41, 5.74) is 1.89. The first-order chi connectivity index (χ1) is 13.0. The molecule has 27 heavy (non-hydrogen) atoms. The lowest BCUT2D eigenvalue weighted by Crippen LogP contribution is -2.40. The lowest BCUT2D eigenvalue weighted by Gasteiger charge is -2.30. The number of carbonyl (C=O) groups excluding carboxylic acids is 1. The number of amides is 1. The van der Waals surface area contributed by atoms with E-state index in [1.54, 1.807) is 0 Å². The molecule has 1 aromatic heterocycles. The summed E-state index contributed by atoms with van der Waals surface area (Å²) in [6, 6.07) is 8.03. The molecule has 1 amide bonds. The summed E-state index contributed by atoms with van der Waals surface area (Å²) >= 11 is 0. The molecule has 6 nitrogen and oxygen atoms in total. The van der Waals surface area contributed by atoms with Gasteiger partial charge in [-0.05, 0) is 46.0 Å². The summed E-state index contributed by atoms with van der Waals surface area (Å²) in [6.45, 7) is 4.96. The smallest absolute Gasteiger partial charge is 0.242 e. The monoisotopic (exact) mass is 368 g/mol. The third kappa shape index (κ3) is 2.61. The van der Waals surface area contributed by atoms with E-state index in [1.165, 1.54) is 0 Å². The van der Waals surface area contributed by atoms with Gasteiger partial charge in [0.2, 0.25) is 5.91 Å². The van der Waals surface area contributed by atoms with E-state index in [0.717, 1.165) is 49.3 Å². The number of carbonyl (C=O) groups is 1. The Morgan fingerprint density at radius 1 is 1.37 bits per heavy atom. The molecule has 2 bridgehead atoms. The van der Waals surface area contributed by atoms with Crippen molar-refractivity contribution >= 4 is 16.9 Å². The number of benzene rings is 1. The van der Waals surface area contributed by atoms with E-state index in [1.807, 2.05) is 40.7 Å². The van der Waals surface area contributed by atoms with Gasteiger partial charge in [0, 0.05) is 24.9 Å². The number of fused-ring (bicyclic) bond motifs is 2. The zero-order valence-electron chi connectivity index (χ0n) is 16.4. The molecule has 1 spiro atoms. The topological polar surface area (TPSA) is 50.6 Å². The van der Waals surface area contributed by atoms with Crippen LogP contribution in [0.2, 0.25) is 0 Å². The van der Waals surface area contributed by atoms with Gasteiger partial charge in [-0.25, -0.2) is 4.98 Å². The van der Waals surface area contributed by atoms with Crippen LogP contribution in [0.25, 0.3) is 11.0 Å². The fourth-order valence-electron chi connectivity index (χ4n) is 5.68. The molecule has 2 aromatic rings. The van der Waals surface area contributed by atoms with Crippen LogP contribution in [-0.2, 0) is 16.1 Å². The van der Waals surface area contributed by atoms with E-state index in [0.29, 0.717) is 24.5 Å². The summed E-state index contributed by atoms with van der Waals surface area (Å²) in [4.78, 5) is 22.0. The molecule has 3 aliphatic rings. The molecule has 0 saturated carbocycles. The maximum Gasteiger partial charge on any atom is 0.242 e. The largest absolute Gasteiger partial charge is 0.369 e. The average molecular weight is 368 g/mol. The molecule has 0 radical (unpaired) electrons. The Labute approximate surface area is 160 Å². The van der Waals surface area contributed by atoms with Crippen molar-refractivity contribution < 1.29 is 9.53 Å². The van der Waals surface area contributed by atoms with Gasteiger partial charge in [-0.2, -0.15) is 0 Å². The molecule has 4 heterocycles. The van der Waals surface area contributed by atoms with Crippen LogP contribution < -0.4 is 0 Å². The van der Waals surface area contributed by atoms with Crippen molar-refractivity contribution in [2.24, 2.45) is 11.8 Å². The first-order valence-electron chi connectivity index (χ1n) is 9.99. The van der Waals surface area contributed by atoms with Crippen LogP contribution in [0.4, 0.5) is 0 Å². The van der Waals surface area contributed by atoms with Gasteiger partial charge >= 0.3 is 0 Å². The Hall–Kier alpha value is -1.92. The summed E-state index contributed by atoms with van der Waals surface area (Å²) in [7, 11) is 4.26. The highest BCUT2D eigenvalue weighted by Crippen LogP contribution is 2.54. The van der Waals surface area contributed by atoms with Gasteiger partial charge < -0.3 is 19.1 Å². The molecule has 144 valence electrons. The summed E-state index contributed by atoms with van der Waals surface area (Å²) in [6.07, 6.45) is 2.63. The van der Waals surface area contributed by atoms with Gasteiger partial charge in [0.25, 0.3) is 0 Å². The van der Waals surface area contributed by atoms with Crippen molar-refractivity contribution in [3.8, 4) is 0 Å². The Morgan fingerprint density at radius 2 is 2.19 bits per heavy atom. The van der Waals surface area contributed by atoms with Crippen LogP contribution in [0.3, 0.4) is 0 Å². The van der Waals surface area contributed by atoms with Crippen molar-refractivity contribution in [2.45, 2.75) is 38.0 Å². The molecular formula is C21H28N4O2. The maximum absolute atomic E-state index is 13.2. The second kappa shape index (κ2) is 6.04. The number of imidazole rings is 1. The molecule has 4 atom stereocenters. The lowest BCUT2D eigenvalue weighted by atomic mass is 9.73. The number of nitrogens with zero attached hydrogens (tertiary/aromatic N) is 4. The summed E-state index contributed by atoms with van der Waals surface area (Å²) in [5.74, 6) is 2.09. The van der Waals surface area contributed by atoms with E-state index >= 15 is 0 Å². The van der Waals surface area contributed by atoms with Crippen molar-refractivity contribution in [1.29, 1.82) is 0 Å². The first kappa shape index (κ1) is 17.2. The Bertz CT molecular complexity index is 891. The van der Waals surface area contributed by atoms with E-state index in [2.05, 4.69) is 24.0 Å². The molecule has 6 heteroatoms. The Morgan fingerprint density at radius 3 is 3.00 bits per heavy atom. The number of likely N-dealkylation sites (tertiary alicyclic amines) is 1. The van der Waals surface area contributed by atoms with Crippen molar-refractivity contribution in [3.63, 3.8) is 0 Å². The van der Waals surface area contributed by atoms with Gasteiger partial charge in [0.15, 0.2) is 0 Å². The first-order valence-corrected chi connectivity index (χ1v) is 9.99. The summed E-state index contributed by atoms with van der Waals surface area (Å²) < 4.78 is 8.51. The number of hydrogen-bond acceptors (Lipinski definition) is 4. The number of aromatic nitrogens is 2. The van der Waals surface area contributed by atoms with Gasteiger partial charge in [-0.15, -0.1) is 0 Å². The second-order valence-corrected chi connectivity index (χ2v) is 8.80. The second-order valence-electron chi connectivity index (χ2n) is 8.80. The molecule has 0 aliphatic carbocycles. The van der Waals surface area contributed by atoms with Crippen LogP contribution in [0, 0.1) is 18.8 Å². The van der Waals surface area contributed by atoms with Crippen LogP contribution >= 0.6 is 0 Å². The van der Waals surface area contributed by atoms with Gasteiger partial charge in [-0.3, -0.25) is 4.79 Å². The van der Waals surface area contributed by atoms with E-state index in [9.17, 15) is 4.79 Å². The quantitative estimate of drug-likeness (QED) is 0.827. The minimum atomic E-state index is -0.0902. The molecule has 5 rings (SSSR count). The molecule has 3 aliphatic heterocycles. The van der Waals surface area contributed by atoms with Crippen molar-refractivity contribution in [2.75, 3.05) is 33.7 Å². The molecular weight excluding hydrogens is 340 g/mol. The average Bonchev–Trinajstić information content (AvgIpc) is 3.35. The van der Waals surface area contributed by atoms with Gasteiger partial charge in [0.05, 0.1) is 29.3 Å². The molecule has 1 aromatic carbocycles. The number of aryl methyl sites for hydroxylation is 1. The van der Waals surface area contributed by atoms with Crippen LogP contribution in [0.15, 0.2) is 24.3 Å². The van der Waals surface area contributed by atoms with E-state index < -0.39 is 0 Å². The number of ether oxygens (including phenoxy) is 1. The maximum atomic E-state index is 13.2. The van der Waals surface area contributed by atoms with Crippen LogP contribution in [0.1, 0.15) is 18.7 Å². The zero-order chi connectivity index (χ0) is 18.8. The molecule has 3 saturated heterocycles. The van der Waals surface area contributed by atoms with E-state index in [4.69, 9.17) is 4.74 Å². The highest BCUT2D eigenvalue weighted by molar-refractivity contribution is 5.81. The standard InChI is InChI=1S/C21H28N4O2/c1-14-22-17-6-4-5-7-18(17)25(14)12-20(26)24-11-16-15(10-23(2)3)19-8-9-21(16,13-24)27-19/h4-7,15-16,19H,8-13H2,1-3H3/t15-,16+,19+,21+/m0/s1. The predicted molar refractivity (Wildman–Crippen MR) is 103 cm³/mol. The fraction of sp³-hybridized carbons (Fsp3) is 0.619. The molecule has 3 fully saturated rings. The molecule has 0 N–H and O–H groups in total. The summed E-state index contributed by atoms with van der Waals surface area (Å²) in [5, 5.41) is 0. The van der Waals surface area contributed by atoms with Crippen LogP contribution in [-0.4, -0.2) is 70.7 Å². The highest BCUT2D eigenvalue weighted by Gasteiger charge is 2.63. The fourth-order valence-corrected chi connectivity index (χ4v) is 5.68. The molecule has 0 unspecified atom stereocenters. The SMILES string of the molecule is Cc1nc2ccccc2n1CC(=O)N1C[C@@H]2[C@H](CN(C)C)[C@H]3CC[C@]2(C1)O3. The number of hydrogen-bond donors (Lipinski definition) is 0. The van der Waals surface area contributed by atoms with Gasteiger partial charge in [0.1, 0.15) is 12.4 Å². The van der Waals surface area contributed by atoms with Crippen LogP contribution in [0.5, 0.6) is 0 Å². The van der Waals surface area contributed by atoms with Gasteiger partial charge in [-0.1, -0.05) is 12.1 Å². The highest BCUT2D eigenvalue weighted by atomic mass is 16.5. The van der Waals surface area contributed by atoms with E-state index in [-0.39, 0.29) is 11.5 Å². The minimum Gasteiger partial charge on any atom is -0.369 e. The normalized spacial score (nSPS) is 32.0. The third-order valence-corrected chi connectivity index (χ3v) is 6.85. The predicted octanol–water partition coefficient (Wildman–Crippen LogP) is 1.91. The zero-order valence-corrected chi connectivity index (χ0v) is 16.4. The minimum absolute atomic E-state index is 0.0902. The number of rotatable bonds is 4. The number of para-hydroxylation sites is 2. The lowest BCUT2D eigenvalue weighted by molar-refractivity contribution is -0.132. The van der Waals surface area contributed by atoms with Crippen molar-refractivity contribution in [3.05, 3.63) is 30.1 Å². The van der Waals surface area contributed by atoms with Crippen molar-refractivity contribution in [1.82, 2.24) is 19.4 Å². The Kier molecular flexibility index (Phi) is 3.85. The third-order valence-electron chi connectivity index (χ3n) is 6.85.